The van der Waals surface area contributed by atoms with Crippen molar-refractivity contribution in [1.82, 2.24) is 5.48 Å². The molecule has 3 unspecified atom stereocenters. The minimum atomic E-state index is -4.79. The van der Waals surface area contributed by atoms with Crippen molar-refractivity contribution in [2.24, 2.45) is 17.6 Å². The second-order valence-corrected chi connectivity index (χ2v) is 7.01. The maximum absolute atomic E-state index is 12.3. The molecular weight excluding hydrogens is 365 g/mol. The van der Waals surface area contributed by atoms with Gasteiger partial charge in [0.1, 0.15) is 5.75 Å². The minimum absolute atomic E-state index is 0.0407. The van der Waals surface area contributed by atoms with E-state index in [-0.39, 0.29) is 18.6 Å². The monoisotopic (exact) mass is 392 g/mol. The molecule has 9 heteroatoms. The third-order valence-corrected chi connectivity index (χ3v) is 4.20. The summed E-state index contributed by atoms with van der Waals surface area (Å²) in [7, 11) is 0. The zero-order valence-corrected chi connectivity index (χ0v) is 15.4. The van der Waals surface area contributed by atoms with Gasteiger partial charge in [0.2, 0.25) is 5.91 Å². The summed E-state index contributed by atoms with van der Waals surface area (Å²) in [5.74, 6) is -1.22. The summed E-state index contributed by atoms with van der Waals surface area (Å²) in [5, 5.41) is 19.2. The van der Waals surface area contributed by atoms with Crippen LogP contribution in [0.2, 0.25) is 0 Å². The van der Waals surface area contributed by atoms with E-state index in [0.29, 0.717) is 17.9 Å². The number of hydrogen-bond donors (Lipinski definition) is 4. The van der Waals surface area contributed by atoms with Gasteiger partial charge < -0.3 is 15.6 Å². The zero-order chi connectivity index (χ0) is 20.6. The molecule has 0 fully saturated rings. The number of nitrogens with one attached hydrogen (secondary N) is 1. The Kier molecular flexibility index (Phi) is 9.01. The number of hydrogen-bond acceptors (Lipinski definition) is 5. The van der Waals surface area contributed by atoms with Crippen molar-refractivity contribution in [1.29, 1.82) is 0 Å². The van der Waals surface area contributed by atoms with Crippen molar-refractivity contribution in [3.63, 3.8) is 0 Å². The molecule has 154 valence electrons. The van der Waals surface area contributed by atoms with Crippen LogP contribution >= 0.6 is 0 Å². The van der Waals surface area contributed by atoms with Crippen LogP contribution in [0, 0.1) is 11.8 Å². The predicted molar refractivity (Wildman–Crippen MR) is 92.9 cm³/mol. The third-order valence-electron chi connectivity index (χ3n) is 4.20. The van der Waals surface area contributed by atoms with Gasteiger partial charge >= 0.3 is 6.36 Å². The largest absolute Gasteiger partial charge is 0.573 e. The Hall–Kier alpha value is -1.84. The van der Waals surface area contributed by atoms with E-state index in [4.69, 9.17) is 10.9 Å². The van der Waals surface area contributed by atoms with Crippen LogP contribution in [0.25, 0.3) is 0 Å². The number of halogens is 3. The van der Waals surface area contributed by atoms with Crippen molar-refractivity contribution in [3.8, 4) is 5.75 Å². The highest BCUT2D eigenvalue weighted by molar-refractivity contribution is 5.77. The number of hydroxylamine groups is 1. The number of aliphatic hydroxyl groups is 1. The second kappa shape index (κ2) is 10.5. The van der Waals surface area contributed by atoms with Crippen LogP contribution in [0.1, 0.15) is 38.7 Å². The Morgan fingerprint density at radius 3 is 2.52 bits per heavy atom. The van der Waals surface area contributed by atoms with Gasteiger partial charge in [-0.25, -0.2) is 5.48 Å². The number of rotatable bonds is 10. The Bertz CT molecular complexity index is 596. The summed E-state index contributed by atoms with van der Waals surface area (Å²) in [6, 6.07) is 4.56. The summed E-state index contributed by atoms with van der Waals surface area (Å²) < 4.78 is 40.8. The number of nitrogens with two attached hydrogens (primary N) is 1. The van der Waals surface area contributed by atoms with Crippen LogP contribution in [0.5, 0.6) is 5.75 Å². The first kappa shape index (κ1) is 23.2. The molecule has 1 rings (SSSR count). The molecule has 0 aliphatic rings. The Morgan fingerprint density at radius 1 is 1.30 bits per heavy atom. The molecule has 6 nitrogen and oxygen atoms in total. The van der Waals surface area contributed by atoms with Gasteiger partial charge in [-0.3, -0.25) is 10.0 Å². The van der Waals surface area contributed by atoms with Gasteiger partial charge in [-0.1, -0.05) is 32.4 Å². The Labute approximate surface area is 156 Å². The van der Waals surface area contributed by atoms with E-state index in [2.05, 4.69) is 4.74 Å². The Morgan fingerprint density at radius 2 is 1.96 bits per heavy atom. The molecule has 0 aliphatic carbocycles. The van der Waals surface area contributed by atoms with Gasteiger partial charge in [-0.05, 0) is 42.9 Å². The summed E-state index contributed by atoms with van der Waals surface area (Å²) >= 11 is 0. The van der Waals surface area contributed by atoms with E-state index in [1.54, 1.807) is 11.5 Å². The molecule has 1 aromatic carbocycles. The van der Waals surface area contributed by atoms with Crippen LogP contribution in [0.4, 0.5) is 13.2 Å². The number of carbonyl (C=O) groups is 1. The average molecular weight is 392 g/mol. The van der Waals surface area contributed by atoms with Crippen molar-refractivity contribution < 1.29 is 33.0 Å². The zero-order valence-electron chi connectivity index (χ0n) is 15.4. The lowest BCUT2D eigenvalue weighted by atomic mass is 9.89. The number of alkyl halides is 3. The molecule has 0 aliphatic heterocycles. The van der Waals surface area contributed by atoms with Crippen LogP contribution in [-0.4, -0.2) is 34.7 Å². The van der Waals surface area contributed by atoms with Crippen molar-refractivity contribution >= 4 is 5.91 Å². The van der Waals surface area contributed by atoms with Gasteiger partial charge in [0.15, 0.2) is 0 Å². The minimum Gasteiger partial charge on any atom is -0.406 e. The van der Waals surface area contributed by atoms with E-state index in [1.165, 1.54) is 18.2 Å². The van der Waals surface area contributed by atoms with Crippen LogP contribution in [0.15, 0.2) is 24.3 Å². The van der Waals surface area contributed by atoms with Crippen LogP contribution in [-0.2, 0) is 11.2 Å². The number of aliphatic hydroxyl groups excluding tert-OH is 1. The molecular formula is C18H27F3N2O4. The second-order valence-electron chi connectivity index (χ2n) is 7.01. The number of amides is 1. The lowest BCUT2D eigenvalue weighted by Crippen LogP contribution is -2.40. The average Bonchev–Trinajstić information content (AvgIpc) is 2.56. The van der Waals surface area contributed by atoms with Crippen molar-refractivity contribution in [2.45, 2.75) is 58.0 Å². The lowest BCUT2D eigenvalue weighted by molar-refractivity contribution is -0.274. The molecule has 1 amide bonds. The van der Waals surface area contributed by atoms with Crippen molar-refractivity contribution in [3.05, 3.63) is 29.8 Å². The van der Waals surface area contributed by atoms with Gasteiger partial charge in [0.05, 0.1) is 6.10 Å². The van der Waals surface area contributed by atoms with E-state index < -0.39 is 30.3 Å². The molecule has 0 bridgehead atoms. The molecule has 1 aromatic rings. The van der Waals surface area contributed by atoms with E-state index in [0.717, 1.165) is 6.42 Å². The number of carbonyl (C=O) groups excluding carboxylic acids is 1. The highest BCUT2D eigenvalue weighted by atomic mass is 19.4. The van der Waals surface area contributed by atoms with Gasteiger partial charge in [-0.15, -0.1) is 13.2 Å². The molecule has 0 spiro atoms. The SMILES string of the molecule is CC(C)CCC(CC(O)C(N)Cc1cccc(OC(F)(F)F)c1)C(=O)NO. The summed E-state index contributed by atoms with van der Waals surface area (Å²) in [4.78, 5) is 11.8. The van der Waals surface area contributed by atoms with E-state index in [9.17, 15) is 23.1 Å². The fourth-order valence-corrected chi connectivity index (χ4v) is 2.73. The normalized spacial score (nSPS) is 15.3. The maximum Gasteiger partial charge on any atom is 0.573 e. The van der Waals surface area contributed by atoms with Gasteiger partial charge in [0.25, 0.3) is 0 Å². The van der Waals surface area contributed by atoms with Crippen LogP contribution < -0.4 is 16.0 Å². The number of ether oxygens (including phenoxy) is 1. The summed E-state index contributed by atoms with van der Waals surface area (Å²) in [5.41, 5.74) is 8.03. The maximum atomic E-state index is 12.3. The molecule has 5 N–H and O–H groups in total. The number of benzene rings is 1. The molecule has 0 radical (unpaired) electrons. The molecule has 3 atom stereocenters. The third kappa shape index (κ3) is 9.07. The first-order valence-electron chi connectivity index (χ1n) is 8.74. The topological polar surface area (TPSA) is 105 Å². The van der Waals surface area contributed by atoms with Crippen LogP contribution in [0.3, 0.4) is 0 Å². The molecule has 0 heterocycles. The van der Waals surface area contributed by atoms with Crippen molar-refractivity contribution in [2.75, 3.05) is 0 Å². The smallest absolute Gasteiger partial charge is 0.406 e. The first-order chi connectivity index (χ1) is 12.5. The van der Waals surface area contributed by atoms with E-state index in [1.807, 2.05) is 13.8 Å². The summed E-state index contributed by atoms with van der Waals surface area (Å²) in [6.07, 6.45) is -4.50. The molecule has 0 saturated heterocycles. The van der Waals surface area contributed by atoms with Gasteiger partial charge in [0, 0.05) is 12.0 Å². The predicted octanol–water partition coefficient (Wildman–Crippen LogP) is 2.76. The summed E-state index contributed by atoms with van der Waals surface area (Å²) in [6.45, 7) is 3.98. The van der Waals surface area contributed by atoms with Gasteiger partial charge in [-0.2, -0.15) is 0 Å². The Balaban J connectivity index is 2.70. The molecule has 0 aromatic heterocycles. The standard InChI is InChI=1S/C18H27F3N2O4/c1-11(2)6-7-13(17(25)23-26)10-16(24)15(22)9-12-4-3-5-14(8-12)27-18(19,20)21/h3-5,8,11,13,15-16,24,26H,6-7,9-10,22H2,1-2H3,(H,23,25). The first-order valence-corrected chi connectivity index (χ1v) is 8.74. The fourth-order valence-electron chi connectivity index (χ4n) is 2.73. The van der Waals surface area contributed by atoms with E-state index >= 15 is 0 Å². The quantitative estimate of drug-likeness (QED) is 0.362. The lowest BCUT2D eigenvalue weighted by Gasteiger charge is -2.24. The fraction of sp³-hybridized carbons (Fsp3) is 0.611. The molecule has 27 heavy (non-hydrogen) atoms. The highest BCUT2D eigenvalue weighted by Gasteiger charge is 2.31. The highest BCUT2D eigenvalue weighted by Crippen LogP contribution is 2.24. The molecule has 0 saturated carbocycles.